The van der Waals surface area contributed by atoms with Gasteiger partial charge in [0.25, 0.3) is 0 Å². The van der Waals surface area contributed by atoms with Crippen LogP contribution in [0.3, 0.4) is 0 Å². The topological polar surface area (TPSA) is 17.1 Å². The van der Waals surface area contributed by atoms with Crippen LogP contribution in [0.4, 0.5) is 0 Å². The van der Waals surface area contributed by atoms with Crippen LogP contribution < -0.4 is 0 Å². The van der Waals surface area contributed by atoms with Crippen molar-refractivity contribution >= 4 is 5.78 Å². The molecule has 0 saturated carbocycles. The lowest BCUT2D eigenvalue weighted by Gasteiger charge is -2.29. The minimum Gasteiger partial charge on any atom is -0.299 e. The molecule has 1 heteroatoms. The Labute approximate surface area is 68.5 Å². The van der Waals surface area contributed by atoms with Crippen LogP contribution in [-0.2, 0) is 4.79 Å². The zero-order chi connectivity index (χ0) is 8.48. The summed E-state index contributed by atoms with van der Waals surface area (Å²) >= 11 is 0. The van der Waals surface area contributed by atoms with Crippen LogP contribution in [0, 0.1) is 5.41 Å². The highest BCUT2D eigenvalue weighted by molar-refractivity contribution is 5.82. The van der Waals surface area contributed by atoms with Gasteiger partial charge in [0, 0.05) is 5.41 Å². The van der Waals surface area contributed by atoms with Gasteiger partial charge in [0.05, 0.1) is 0 Å². The van der Waals surface area contributed by atoms with Crippen molar-refractivity contribution < 1.29 is 4.79 Å². The molecule has 0 aliphatic heterocycles. The Morgan fingerprint density at radius 1 is 1.64 bits per heavy atom. The molecule has 1 rings (SSSR count). The van der Waals surface area contributed by atoms with E-state index in [0.29, 0.717) is 5.78 Å². The summed E-state index contributed by atoms with van der Waals surface area (Å²) in [5.41, 5.74) is 1.38. The maximum absolute atomic E-state index is 11.2. The predicted molar refractivity (Wildman–Crippen MR) is 46.4 cm³/mol. The zero-order valence-electron chi connectivity index (χ0n) is 7.61. The van der Waals surface area contributed by atoms with E-state index < -0.39 is 0 Å². The molecular weight excluding hydrogens is 136 g/mol. The molecule has 0 unspecified atom stereocenters. The average molecular weight is 152 g/mol. The SMILES string of the molecule is CC(=O)[C@]1(C)CC=C(C)CC1. The van der Waals surface area contributed by atoms with Crippen molar-refractivity contribution in [2.45, 2.75) is 40.0 Å². The molecule has 1 aliphatic carbocycles. The molecule has 0 saturated heterocycles. The van der Waals surface area contributed by atoms with Gasteiger partial charge in [-0.05, 0) is 33.1 Å². The van der Waals surface area contributed by atoms with Gasteiger partial charge in [-0.15, -0.1) is 0 Å². The van der Waals surface area contributed by atoms with Crippen molar-refractivity contribution in [1.82, 2.24) is 0 Å². The maximum Gasteiger partial charge on any atom is 0.136 e. The lowest BCUT2D eigenvalue weighted by Crippen LogP contribution is -2.26. The molecule has 62 valence electrons. The van der Waals surface area contributed by atoms with Crippen LogP contribution >= 0.6 is 0 Å². The molecule has 0 bridgehead atoms. The summed E-state index contributed by atoms with van der Waals surface area (Å²) < 4.78 is 0. The van der Waals surface area contributed by atoms with Crippen LogP contribution in [0.1, 0.15) is 40.0 Å². The van der Waals surface area contributed by atoms with Gasteiger partial charge in [0.2, 0.25) is 0 Å². The summed E-state index contributed by atoms with van der Waals surface area (Å²) in [4.78, 5) is 11.2. The lowest BCUT2D eigenvalue weighted by atomic mass is 9.74. The summed E-state index contributed by atoms with van der Waals surface area (Å²) in [7, 11) is 0. The Morgan fingerprint density at radius 3 is 2.64 bits per heavy atom. The Kier molecular flexibility index (Phi) is 2.17. The molecule has 0 fully saturated rings. The summed E-state index contributed by atoms with van der Waals surface area (Å²) in [6.45, 7) is 5.91. The fourth-order valence-corrected chi connectivity index (χ4v) is 1.40. The molecule has 0 radical (unpaired) electrons. The fraction of sp³-hybridized carbons (Fsp3) is 0.700. The monoisotopic (exact) mass is 152 g/mol. The third-order valence-corrected chi connectivity index (χ3v) is 2.82. The number of ketones is 1. The molecule has 1 nitrogen and oxygen atoms in total. The molecule has 1 atom stereocenters. The summed E-state index contributed by atoms with van der Waals surface area (Å²) in [5.74, 6) is 0.334. The highest BCUT2D eigenvalue weighted by Crippen LogP contribution is 2.35. The number of carbonyl (C=O) groups excluding carboxylic acids is 1. The minimum absolute atomic E-state index is 0.0560. The van der Waals surface area contributed by atoms with Gasteiger partial charge < -0.3 is 0 Å². The summed E-state index contributed by atoms with van der Waals surface area (Å²) in [6, 6.07) is 0. The van der Waals surface area contributed by atoms with Crippen LogP contribution in [0.2, 0.25) is 0 Å². The van der Waals surface area contributed by atoms with Gasteiger partial charge in [0.1, 0.15) is 5.78 Å². The molecule has 0 aromatic carbocycles. The molecule has 0 N–H and O–H groups in total. The van der Waals surface area contributed by atoms with E-state index >= 15 is 0 Å². The minimum atomic E-state index is -0.0560. The molecular formula is C10H16O. The van der Waals surface area contributed by atoms with E-state index in [1.165, 1.54) is 5.57 Å². The van der Waals surface area contributed by atoms with E-state index in [2.05, 4.69) is 19.9 Å². The average Bonchev–Trinajstić information content (AvgIpc) is 1.95. The van der Waals surface area contributed by atoms with Crippen LogP contribution in [-0.4, -0.2) is 5.78 Å². The van der Waals surface area contributed by atoms with Crippen molar-refractivity contribution in [2.75, 3.05) is 0 Å². The number of hydrogen-bond donors (Lipinski definition) is 0. The van der Waals surface area contributed by atoms with Gasteiger partial charge in [-0.3, -0.25) is 4.79 Å². The third-order valence-electron chi connectivity index (χ3n) is 2.82. The molecule has 1 aliphatic rings. The number of hydrogen-bond acceptors (Lipinski definition) is 1. The number of carbonyl (C=O) groups is 1. The molecule has 0 amide bonds. The van der Waals surface area contributed by atoms with E-state index in [1.807, 2.05) is 0 Å². The normalized spacial score (nSPS) is 31.4. The smallest absolute Gasteiger partial charge is 0.136 e. The molecule has 0 aromatic heterocycles. The molecule has 0 heterocycles. The number of Topliss-reactive ketones (excluding diaryl/α,β-unsaturated/α-hetero) is 1. The van der Waals surface area contributed by atoms with Gasteiger partial charge in [-0.1, -0.05) is 18.6 Å². The predicted octanol–water partition coefficient (Wildman–Crippen LogP) is 2.71. The first-order valence-corrected chi connectivity index (χ1v) is 4.21. The van der Waals surface area contributed by atoms with E-state index in [-0.39, 0.29) is 5.41 Å². The van der Waals surface area contributed by atoms with Crippen molar-refractivity contribution in [3.63, 3.8) is 0 Å². The van der Waals surface area contributed by atoms with Gasteiger partial charge in [-0.2, -0.15) is 0 Å². The highest BCUT2D eigenvalue weighted by atomic mass is 16.1. The molecule has 11 heavy (non-hydrogen) atoms. The van der Waals surface area contributed by atoms with Gasteiger partial charge >= 0.3 is 0 Å². The maximum atomic E-state index is 11.2. The number of allylic oxidation sites excluding steroid dienone is 2. The molecule has 0 aromatic rings. The van der Waals surface area contributed by atoms with Crippen molar-refractivity contribution in [3.8, 4) is 0 Å². The van der Waals surface area contributed by atoms with E-state index in [9.17, 15) is 4.79 Å². The quantitative estimate of drug-likeness (QED) is 0.528. The van der Waals surface area contributed by atoms with Crippen LogP contribution in [0.5, 0.6) is 0 Å². The third kappa shape index (κ3) is 1.70. The second kappa shape index (κ2) is 2.80. The van der Waals surface area contributed by atoms with Crippen molar-refractivity contribution in [1.29, 1.82) is 0 Å². The first-order chi connectivity index (χ1) is 5.04. The Bertz CT molecular complexity index is 203. The van der Waals surface area contributed by atoms with E-state index in [4.69, 9.17) is 0 Å². The largest absolute Gasteiger partial charge is 0.299 e. The van der Waals surface area contributed by atoms with E-state index in [1.54, 1.807) is 6.92 Å². The number of rotatable bonds is 1. The van der Waals surface area contributed by atoms with Crippen LogP contribution in [0.25, 0.3) is 0 Å². The second-order valence-electron chi connectivity index (χ2n) is 3.87. The van der Waals surface area contributed by atoms with Crippen LogP contribution in [0.15, 0.2) is 11.6 Å². The Morgan fingerprint density at radius 2 is 2.27 bits per heavy atom. The lowest BCUT2D eigenvalue weighted by molar-refractivity contribution is -0.126. The van der Waals surface area contributed by atoms with Gasteiger partial charge in [-0.25, -0.2) is 0 Å². The first kappa shape index (κ1) is 8.51. The Balaban J connectivity index is 2.71. The Hall–Kier alpha value is -0.590. The van der Waals surface area contributed by atoms with Crippen molar-refractivity contribution in [3.05, 3.63) is 11.6 Å². The van der Waals surface area contributed by atoms with Gasteiger partial charge in [0.15, 0.2) is 0 Å². The van der Waals surface area contributed by atoms with Crippen molar-refractivity contribution in [2.24, 2.45) is 5.41 Å². The molecule has 0 spiro atoms. The highest BCUT2D eigenvalue weighted by Gasteiger charge is 2.30. The summed E-state index contributed by atoms with van der Waals surface area (Å²) in [5, 5.41) is 0. The van der Waals surface area contributed by atoms with E-state index in [0.717, 1.165) is 19.3 Å². The first-order valence-electron chi connectivity index (χ1n) is 4.21. The second-order valence-corrected chi connectivity index (χ2v) is 3.87. The zero-order valence-corrected chi connectivity index (χ0v) is 7.61. The summed E-state index contributed by atoms with van der Waals surface area (Å²) in [6.07, 6.45) is 5.26. The standard InChI is InChI=1S/C10H16O/c1-8-4-6-10(3,7-5-8)9(2)11/h4H,5-7H2,1-3H3/t10-/m1/s1. The fourth-order valence-electron chi connectivity index (χ4n) is 1.40.